The number of nitro benzene ring substituents is 2. The lowest BCUT2D eigenvalue weighted by Gasteiger charge is -2.17. The number of hydrogen-bond donors (Lipinski definition) is 0. The van der Waals surface area contributed by atoms with Crippen molar-refractivity contribution in [2.75, 3.05) is 0 Å². The molecule has 46 heavy (non-hydrogen) atoms. The van der Waals surface area contributed by atoms with Crippen LogP contribution < -0.4 is 0 Å². The van der Waals surface area contributed by atoms with E-state index in [2.05, 4.69) is 36.4 Å². The van der Waals surface area contributed by atoms with Gasteiger partial charge in [-0.2, -0.15) is 0 Å². The molecule has 2 aromatic heterocycles. The summed E-state index contributed by atoms with van der Waals surface area (Å²) in [7, 11) is 0. The zero-order chi connectivity index (χ0) is 31.4. The Hall–Kier alpha value is -6.54. The van der Waals surface area contributed by atoms with Crippen molar-refractivity contribution in [3.63, 3.8) is 0 Å². The van der Waals surface area contributed by atoms with Crippen molar-refractivity contribution in [1.82, 2.24) is 9.97 Å². The normalized spacial score (nSPS) is 11.4. The fourth-order valence-electron chi connectivity index (χ4n) is 6.19. The van der Waals surface area contributed by atoms with E-state index in [-0.39, 0.29) is 11.4 Å². The summed E-state index contributed by atoms with van der Waals surface area (Å²) in [6, 6.07) is 41.3. The van der Waals surface area contributed by atoms with Crippen LogP contribution >= 0.6 is 0 Å². The lowest BCUT2D eigenvalue weighted by atomic mass is 9.91. The van der Waals surface area contributed by atoms with Gasteiger partial charge in [0.1, 0.15) is 0 Å². The SMILES string of the molecule is O=[N+]([O-])c1ccc(-c2nc3ccc4ccccc4c3cc2-c2cc3c(ccc4ccccc43)nc2-c2ccc([N+](=O)[O-])cc2)cc1. The molecule has 0 amide bonds. The highest BCUT2D eigenvalue weighted by Crippen LogP contribution is 2.42. The maximum atomic E-state index is 11.5. The van der Waals surface area contributed by atoms with Crippen molar-refractivity contribution in [2.24, 2.45) is 0 Å². The maximum absolute atomic E-state index is 11.5. The van der Waals surface area contributed by atoms with Gasteiger partial charge in [0.2, 0.25) is 0 Å². The van der Waals surface area contributed by atoms with E-state index in [1.165, 1.54) is 24.3 Å². The van der Waals surface area contributed by atoms with Gasteiger partial charge in [0.25, 0.3) is 11.4 Å². The van der Waals surface area contributed by atoms with Crippen LogP contribution in [0, 0.1) is 20.2 Å². The maximum Gasteiger partial charge on any atom is 0.269 e. The van der Waals surface area contributed by atoms with E-state index < -0.39 is 9.85 Å². The molecule has 8 rings (SSSR count). The fraction of sp³-hybridized carbons (Fsp3) is 0. The number of pyridine rings is 2. The van der Waals surface area contributed by atoms with Crippen LogP contribution in [-0.4, -0.2) is 19.8 Å². The monoisotopic (exact) mass is 598 g/mol. The molecule has 0 atom stereocenters. The third-order valence-electron chi connectivity index (χ3n) is 8.44. The van der Waals surface area contributed by atoms with Crippen LogP contribution in [0.1, 0.15) is 0 Å². The molecule has 0 N–H and O–H groups in total. The molecular formula is C38H22N4O4. The topological polar surface area (TPSA) is 112 Å². The average molecular weight is 599 g/mol. The number of hydrogen-bond acceptors (Lipinski definition) is 6. The molecule has 0 bridgehead atoms. The molecule has 0 radical (unpaired) electrons. The summed E-state index contributed by atoms with van der Waals surface area (Å²) in [5, 5.41) is 29.1. The molecule has 0 spiro atoms. The molecule has 6 aromatic carbocycles. The third-order valence-corrected chi connectivity index (χ3v) is 8.44. The van der Waals surface area contributed by atoms with Crippen LogP contribution in [-0.2, 0) is 0 Å². The molecule has 0 aliphatic heterocycles. The second-order valence-electron chi connectivity index (χ2n) is 11.1. The van der Waals surface area contributed by atoms with Gasteiger partial charge in [0.15, 0.2) is 0 Å². The first-order chi connectivity index (χ1) is 22.4. The van der Waals surface area contributed by atoms with Gasteiger partial charge in [-0.15, -0.1) is 0 Å². The van der Waals surface area contributed by atoms with Gasteiger partial charge in [-0.05, 0) is 70.1 Å². The number of non-ortho nitro benzene ring substituents is 2. The van der Waals surface area contributed by atoms with E-state index in [0.717, 1.165) is 54.5 Å². The van der Waals surface area contributed by atoms with Gasteiger partial charge in [0, 0.05) is 57.3 Å². The summed E-state index contributed by atoms with van der Waals surface area (Å²) in [5.41, 5.74) is 5.82. The number of aromatic nitrogens is 2. The van der Waals surface area contributed by atoms with Gasteiger partial charge in [-0.3, -0.25) is 20.2 Å². The molecule has 8 aromatic rings. The molecule has 0 aliphatic carbocycles. The Morgan fingerprint density at radius 1 is 0.435 bits per heavy atom. The molecule has 8 nitrogen and oxygen atoms in total. The van der Waals surface area contributed by atoms with Gasteiger partial charge in [0.05, 0.1) is 32.3 Å². The Labute approximate surface area is 261 Å². The van der Waals surface area contributed by atoms with Gasteiger partial charge >= 0.3 is 0 Å². The minimum atomic E-state index is -0.421. The molecule has 0 saturated carbocycles. The average Bonchev–Trinajstić information content (AvgIpc) is 3.10. The number of nitro groups is 2. The highest BCUT2D eigenvalue weighted by Gasteiger charge is 2.20. The zero-order valence-electron chi connectivity index (χ0n) is 24.1. The lowest BCUT2D eigenvalue weighted by Crippen LogP contribution is -1.97. The summed E-state index contributed by atoms with van der Waals surface area (Å²) < 4.78 is 0. The lowest BCUT2D eigenvalue weighted by molar-refractivity contribution is -0.385. The predicted octanol–water partition coefficient (Wildman–Crippen LogP) is 9.91. The standard InChI is InChI=1S/C38H22N4O4/c43-41(44)27-15-9-25(10-16-27)37-33(21-31-29-7-3-1-5-23(29)13-19-35(31)39-37)34-22-32-30-8-4-2-6-24(30)14-20-36(32)40-38(34)26-11-17-28(18-12-26)42(45)46/h1-22H. The number of nitrogens with zero attached hydrogens (tertiary/aromatic N) is 4. The van der Waals surface area contributed by atoms with Crippen molar-refractivity contribution in [2.45, 2.75) is 0 Å². The molecular weight excluding hydrogens is 576 g/mol. The first-order valence-electron chi connectivity index (χ1n) is 14.6. The largest absolute Gasteiger partial charge is 0.269 e. The number of benzene rings is 6. The van der Waals surface area contributed by atoms with Crippen LogP contribution in [0.3, 0.4) is 0 Å². The van der Waals surface area contributed by atoms with Crippen molar-refractivity contribution in [1.29, 1.82) is 0 Å². The molecule has 8 heteroatoms. The highest BCUT2D eigenvalue weighted by atomic mass is 16.6. The van der Waals surface area contributed by atoms with Gasteiger partial charge < -0.3 is 0 Å². The van der Waals surface area contributed by atoms with E-state index in [1.54, 1.807) is 24.3 Å². The molecule has 0 unspecified atom stereocenters. The Morgan fingerprint density at radius 2 is 0.826 bits per heavy atom. The molecule has 0 fully saturated rings. The van der Waals surface area contributed by atoms with E-state index >= 15 is 0 Å². The van der Waals surface area contributed by atoms with E-state index in [1.807, 2.05) is 48.5 Å². The number of rotatable bonds is 5. The Morgan fingerprint density at radius 3 is 1.22 bits per heavy atom. The first kappa shape index (κ1) is 27.0. The van der Waals surface area contributed by atoms with Gasteiger partial charge in [-0.25, -0.2) is 9.97 Å². The van der Waals surface area contributed by atoms with Crippen molar-refractivity contribution in [3.8, 4) is 33.6 Å². The van der Waals surface area contributed by atoms with Crippen molar-refractivity contribution < 1.29 is 9.85 Å². The van der Waals surface area contributed by atoms with Crippen molar-refractivity contribution >= 4 is 54.7 Å². The summed E-state index contributed by atoms with van der Waals surface area (Å²) in [6.07, 6.45) is 0. The van der Waals surface area contributed by atoms with Crippen LogP contribution in [0.15, 0.2) is 133 Å². The van der Waals surface area contributed by atoms with E-state index in [9.17, 15) is 20.2 Å². The first-order valence-corrected chi connectivity index (χ1v) is 14.6. The quantitative estimate of drug-likeness (QED) is 0.111. The minimum absolute atomic E-state index is 0.0116. The Kier molecular flexibility index (Phi) is 6.21. The molecule has 2 heterocycles. The number of fused-ring (bicyclic) bond motifs is 6. The highest BCUT2D eigenvalue weighted by molar-refractivity contribution is 6.12. The smallest absolute Gasteiger partial charge is 0.258 e. The Bertz CT molecular complexity index is 2350. The van der Waals surface area contributed by atoms with Crippen LogP contribution in [0.5, 0.6) is 0 Å². The Balaban J connectivity index is 1.50. The van der Waals surface area contributed by atoms with E-state index in [4.69, 9.17) is 9.97 Å². The summed E-state index contributed by atoms with van der Waals surface area (Å²) >= 11 is 0. The van der Waals surface area contributed by atoms with E-state index in [0.29, 0.717) is 22.5 Å². The van der Waals surface area contributed by atoms with Crippen LogP contribution in [0.25, 0.3) is 77.0 Å². The second kappa shape index (κ2) is 10.6. The minimum Gasteiger partial charge on any atom is -0.258 e. The summed E-state index contributed by atoms with van der Waals surface area (Å²) in [6.45, 7) is 0. The molecule has 0 aliphatic rings. The molecule has 218 valence electrons. The summed E-state index contributed by atoms with van der Waals surface area (Å²) in [5.74, 6) is 0. The summed E-state index contributed by atoms with van der Waals surface area (Å²) in [4.78, 5) is 32.5. The fourth-order valence-corrected chi connectivity index (χ4v) is 6.19. The van der Waals surface area contributed by atoms with Crippen LogP contribution in [0.2, 0.25) is 0 Å². The van der Waals surface area contributed by atoms with Gasteiger partial charge in [-0.1, -0.05) is 60.7 Å². The predicted molar refractivity (Wildman–Crippen MR) is 182 cm³/mol. The zero-order valence-corrected chi connectivity index (χ0v) is 24.1. The van der Waals surface area contributed by atoms with Crippen LogP contribution in [0.4, 0.5) is 11.4 Å². The van der Waals surface area contributed by atoms with Crippen molar-refractivity contribution in [3.05, 3.63) is 154 Å². The second-order valence-corrected chi connectivity index (χ2v) is 11.1. The molecule has 0 saturated heterocycles. The third kappa shape index (κ3) is 4.48.